The molecule has 0 radical (unpaired) electrons. The molecule has 0 saturated carbocycles. The van der Waals surface area contributed by atoms with Crippen molar-refractivity contribution in [1.82, 2.24) is 0 Å². The second-order valence-electron chi connectivity index (χ2n) is 3.86. The predicted octanol–water partition coefficient (Wildman–Crippen LogP) is 3.39. The molecule has 0 spiro atoms. The molecule has 1 rings (SSSR count). The van der Waals surface area contributed by atoms with Crippen molar-refractivity contribution in [3.63, 3.8) is 0 Å². The molecular formula is C11H13BrF3NO2. The SMILES string of the molecule is CC(CO)CNc1ccc(OC(F)(F)F)c(Br)c1. The van der Waals surface area contributed by atoms with Crippen molar-refractivity contribution in [2.45, 2.75) is 13.3 Å². The summed E-state index contributed by atoms with van der Waals surface area (Å²) in [6, 6.07) is 4.20. The highest BCUT2D eigenvalue weighted by atomic mass is 79.9. The molecule has 0 saturated heterocycles. The Kier molecular flexibility index (Phi) is 5.28. The van der Waals surface area contributed by atoms with Crippen LogP contribution in [-0.4, -0.2) is 24.6 Å². The first-order valence-electron chi connectivity index (χ1n) is 5.22. The number of anilines is 1. The summed E-state index contributed by atoms with van der Waals surface area (Å²) in [7, 11) is 0. The average molecular weight is 328 g/mol. The van der Waals surface area contributed by atoms with Crippen molar-refractivity contribution in [3.05, 3.63) is 22.7 Å². The fourth-order valence-electron chi connectivity index (χ4n) is 1.17. The molecule has 1 aromatic rings. The minimum atomic E-state index is -4.71. The van der Waals surface area contributed by atoms with Gasteiger partial charge in [0.25, 0.3) is 0 Å². The van der Waals surface area contributed by atoms with Crippen LogP contribution in [0.5, 0.6) is 5.75 Å². The van der Waals surface area contributed by atoms with Crippen LogP contribution in [0.3, 0.4) is 0 Å². The van der Waals surface area contributed by atoms with E-state index in [-0.39, 0.29) is 22.7 Å². The molecule has 0 aliphatic rings. The van der Waals surface area contributed by atoms with E-state index in [1.165, 1.54) is 18.2 Å². The Morgan fingerprint density at radius 2 is 2.11 bits per heavy atom. The van der Waals surface area contributed by atoms with Crippen LogP contribution in [0, 0.1) is 5.92 Å². The van der Waals surface area contributed by atoms with Crippen molar-refractivity contribution < 1.29 is 23.0 Å². The van der Waals surface area contributed by atoms with Gasteiger partial charge in [0.05, 0.1) is 4.47 Å². The van der Waals surface area contributed by atoms with E-state index in [9.17, 15) is 13.2 Å². The van der Waals surface area contributed by atoms with E-state index in [4.69, 9.17) is 5.11 Å². The summed E-state index contributed by atoms with van der Waals surface area (Å²) in [5, 5.41) is 11.8. The van der Waals surface area contributed by atoms with Crippen molar-refractivity contribution in [2.75, 3.05) is 18.5 Å². The molecule has 1 aromatic carbocycles. The summed E-state index contributed by atoms with van der Waals surface area (Å²) in [6.45, 7) is 2.43. The minimum absolute atomic E-state index is 0.0451. The maximum atomic E-state index is 12.0. The molecule has 102 valence electrons. The highest BCUT2D eigenvalue weighted by Gasteiger charge is 2.31. The first-order chi connectivity index (χ1) is 8.31. The second-order valence-corrected chi connectivity index (χ2v) is 4.72. The Balaban J connectivity index is 2.67. The molecule has 7 heteroatoms. The molecule has 18 heavy (non-hydrogen) atoms. The van der Waals surface area contributed by atoms with E-state index in [1.807, 2.05) is 6.92 Å². The number of rotatable bonds is 5. The number of benzene rings is 1. The minimum Gasteiger partial charge on any atom is -0.405 e. The van der Waals surface area contributed by atoms with Crippen LogP contribution in [0.2, 0.25) is 0 Å². The van der Waals surface area contributed by atoms with Crippen LogP contribution >= 0.6 is 15.9 Å². The lowest BCUT2D eigenvalue weighted by molar-refractivity contribution is -0.274. The van der Waals surface area contributed by atoms with Gasteiger partial charge in [-0.2, -0.15) is 0 Å². The molecule has 1 atom stereocenters. The van der Waals surface area contributed by atoms with Crippen LogP contribution < -0.4 is 10.1 Å². The summed E-state index contributed by atoms with van der Waals surface area (Å²) < 4.78 is 40.1. The molecular weight excluding hydrogens is 315 g/mol. The molecule has 0 aromatic heterocycles. The lowest BCUT2D eigenvalue weighted by Gasteiger charge is -2.14. The second kappa shape index (κ2) is 6.29. The Hall–Kier alpha value is -0.950. The summed E-state index contributed by atoms with van der Waals surface area (Å²) >= 11 is 3.01. The monoisotopic (exact) mass is 327 g/mol. The van der Waals surface area contributed by atoms with Gasteiger partial charge in [-0.05, 0) is 40.0 Å². The number of hydrogen-bond donors (Lipinski definition) is 2. The van der Waals surface area contributed by atoms with Crippen LogP contribution in [-0.2, 0) is 0 Å². The number of nitrogens with one attached hydrogen (secondary N) is 1. The van der Waals surface area contributed by atoms with Gasteiger partial charge in [0, 0.05) is 18.8 Å². The van der Waals surface area contributed by atoms with Crippen molar-refractivity contribution in [1.29, 1.82) is 0 Å². The van der Waals surface area contributed by atoms with E-state index in [0.717, 1.165) is 0 Å². The largest absolute Gasteiger partial charge is 0.573 e. The number of hydrogen-bond acceptors (Lipinski definition) is 3. The highest BCUT2D eigenvalue weighted by Crippen LogP contribution is 2.32. The number of aliphatic hydroxyl groups is 1. The molecule has 3 nitrogen and oxygen atoms in total. The van der Waals surface area contributed by atoms with Crippen LogP contribution in [0.25, 0.3) is 0 Å². The Labute approximate surface area is 111 Å². The van der Waals surface area contributed by atoms with Crippen molar-refractivity contribution in [3.8, 4) is 5.75 Å². The third-order valence-electron chi connectivity index (χ3n) is 2.12. The lowest BCUT2D eigenvalue weighted by atomic mass is 10.2. The zero-order chi connectivity index (χ0) is 13.8. The standard InChI is InChI=1S/C11H13BrF3NO2/c1-7(6-17)5-16-8-2-3-10(9(12)4-8)18-11(13,14)15/h2-4,7,16-17H,5-6H2,1H3. The van der Waals surface area contributed by atoms with Crippen LogP contribution in [0.1, 0.15) is 6.92 Å². The molecule has 2 N–H and O–H groups in total. The topological polar surface area (TPSA) is 41.5 Å². The summed E-state index contributed by atoms with van der Waals surface area (Å²) in [6.07, 6.45) is -4.71. The lowest BCUT2D eigenvalue weighted by Crippen LogP contribution is -2.17. The van der Waals surface area contributed by atoms with Gasteiger partial charge in [-0.3, -0.25) is 0 Å². The quantitative estimate of drug-likeness (QED) is 0.871. The van der Waals surface area contributed by atoms with Gasteiger partial charge in [0.2, 0.25) is 0 Å². The van der Waals surface area contributed by atoms with Gasteiger partial charge < -0.3 is 15.2 Å². The van der Waals surface area contributed by atoms with Crippen LogP contribution in [0.15, 0.2) is 22.7 Å². The van der Waals surface area contributed by atoms with Crippen molar-refractivity contribution in [2.24, 2.45) is 5.92 Å². The smallest absolute Gasteiger partial charge is 0.405 e. The van der Waals surface area contributed by atoms with E-state index in [2.05, 4.69) is 26.0 Å². The maximum Gasteiger partial charge on any atom is 0.573 e. The molecule has 0 aliphatic carbocycles. The van der Waals surface area contributed by atoms with Gasteiger partial charge >= 0.3 is 6.36 Å². The molecule has 0 heterocycles. The molecule has 0 aliphatic heterocycles. The highest BCUT2D eigenvalue weighted by molar-refractivity contribution is 9.10. The number of ether oxygens (including phenoxy) is 1. The van der Waals surface area contributed by atoms with E-state index in [0.29, 0.717) is 12.2 Å². The molecule has 0 amide bonds. The van der Waals surface area contributed by atoms with E-state index < -0.39 is 6.36 Å². The Morgan fingerprint density at radius 3 is 2.61 bits per heavy atom. The summed E-state index contributed by atoms with van der Waals surface area (Å²) in [5.74, 6) is -0.224. The zero-order valence-corrected chi connectivity index (χ0v) is 11.2. The number of alkyl halides is 3. The number of aliphatic hydroxyl groups excluding tert-OH is 1. The van der Waals surface area contributed by atoms with Gasteiger partial charge in [-0.25, -0.2) is 0 Å². The first-order valence-corrected chi connectivity index (χ1v) is 6.01. The zero-order valence-electron chi connectivity index (χ0n) is 9.59. The predicted molar refractivity (Wildman–Crippen MR) is 65.6 cm³/mol. The normalized spacial score (nSPS) is 13.2. The average Bonchev–Trinajstić information content (AvgIpc) is 2.27. The first kappa shape index (κ1) is 15.1. The molecule has 1 unspecified atom stereocenters. The Bertz CT molecular complexity index is 398. The number of halogens is 4. The van der Waals surface area contributed by atoms with E-state index in [1.54, 1.807) is 0 Å². The van der Waals surface area contributed by atoms with Gasteiger partial charge in [-0.15, -0.1) is 13.2 Å². The van der Waals surface area contributed by atoms with Crippen LogP contribution in [0.4, 0.5) is 18.9 Å². The van der Waals surface area contributed by atoms with Gasteiger partial charge in [-0.1, -0.05) is 6.92 Å². The fourth-order valence-corrected chi connectivity index (χ4v) is 1.63. The summed E-state index contributed by atoms with van der Waals surface area (Å²) in [5.41, 5.74) is 0.650. The maximum absolute atomic E-state index is 12.0. The fraction of sp³-hybridized carbons (Fsp3) is 0.455. The van der Waals surface area contributed by atoms with E-state index >= 15 is 0 Å². The third kappa shape index (κ3) is 5.14. The van der Waals surface area contributed by atoms with Gasteiger partial charge in [0.15, 0.2) is 0 Å². The van der Waals surface area contributed by atoms with Crippen molar-refractivity contribution >= 4 is 21.6 Å². The third-order valence-corrected chi connectivity index (χ3v) is 2.74. The van der Waals surface area contributed by atoms with Gasteiger partial charge in [0.1, 0.15) is 5.75 Å². The molecule has 0 bridgehead atoms. The molecule has 0 fully saturated rings. The summed E-state index contributed by atoms with van der Waals surface area (Å²) in [4.78, 5) is 0. The Morgan fingerprint density at radius 1 is 1.44 bits per heavy atom.